The first-order valence-electron chi connectivity index (χ1n) is 12.6. The maximum Gasteiger partial charge on any atom is 0.314 e. The van der Waals surface area contributed by atoms with Crippen LogP contribution in [0.25, 0.3) is 0 Å². The topological polar surface area (TPSA) is 17.1 Å². The highest BCUT2D eigenvalue weighted by molar-refractivity contribution is 6.20. The van der Waals surface area contributed by atoms with Crippen LogP contribution in [0.5, 0.6) is 0 Å². The van der Waals surface area contributed by atoms with Crippen LogP contribution in [0.4, 0.5) is 0 Å². The second kappa shape index (κ2) is 16.8. The molecular formula is C27H47ClNO+. The Labute approximate surface area is 192 Å². The van der Waals surface area contributed by atoms with Gasteiger partial charge in [0, 0.05) is 5.56 Å². The third-order valence-corrected chi connectivity index (χ3v) is 7.02. The molecule has 1 aromatic carbocycles. The summed E-state index contributed by atoms with van der Waals surface area (Å²) in [5.74, 6) is 0.230. The fourth-order valence-electron chi connectivity index (χ4n) is 4.05. The highest BCUT2D eigenvalue weighted by Crippen LogP contribution is 2.30. The number of halogens is 1. The Bertz CT molecular complexity index is 543. The largest absolute Gasteiger partial charge is 0.314 e. The Morgan fingerprint density at radius 3 is 1.57 bits per heavy atom. The first-order valence-corrected chi connectivity index (χ1v) is 13.0. The lowest BCUT2D eigenvalue weighted by Gasteiger charge is -2.31. The second-order valence-corrected chi connectivity index (χ2v) is 9.79. The quantitative estimate of drug-likeness (QED) is 0.0971. The average Bonchev–Trinajstić information content (AvgIpc) is 2.76. The Hall–Kier alpha value is -0.860. The SMILES string of the molecule is CCCCCCCCCCCCCCCCCC(=O)[N+](C)(C)C(Cl)c1ccccc1. The van der Waals surface area contributed by atoms with Crippen molar-refractivity contribution >= 4 is 17.5 Å². The number of hydrogen-bond acceptors (Lipinski definition) is 1. The molecule has 0 aliphatic rings. The molecule has 1 rings (SSSR count). The summed E-state index contributed by atoms with van der Waals surface area (Å²) in [6, 6.07) is 9.93. The Kier molecular flexibility index (Phi) is 15.2. The highest BCUT2D eigenvalue weighted by Gasteiger charge is 2.34. The summed E-state index contributed by atoms with van der Waals surface area (Å²) < 4.78 is 0.212. The standard InChI is InChI=1S/C27H47ClNO/c1-4-5-6-7-8-9-10-11-12-13-14-15-16-17-21-24-26(30)29(2,3)27(28)25-22-19-18-20-23-25/h18-20,22-23,27H,4-17,21,24H2,1-3H3/q+1. The van der Waals surface area contributed by atoms with E-state index in [0.29, 0.717) is 6.42 Å². The van der Waals surface area contributed by atoms with Crippen LogP contribution in [0.1, 0.15) is 121 Å². The van der Waals surface area contributed by atoms with Crippen LogP contribution < -0.4 is 0 Å². The Morgan fingerprint density at radius 1 is 0.733 bits per heavy atom. The van der Waals surface area contributed by atoms with Crippen molar-refractivity contribution in [2.75, 3.05) is 14.1 Å². The van der Waals surface area contributed by atoms with Crippen molar-refractivity contribution < 1.29 is 9.28 Å². The summed E-state index contributed by atoms with van der Waals surface area (Å²) in [7, 11) is 3.86. The van der Waals surface area contributed by atoms with Gasteiger partial charge in [0.15, 0.2) is 5.50 Å². The smallest absolute Gasteiger partial charge is 0.247 e. The summed E-state index contributed by atoms with van der Waals surface area (Å²) >= 11 is 6.62. The lowest BCUT2D eigenvalue weighted by Crippen LogP contribution is -2.46. The van der Waals surface area contributed by atoms with Crippen molar-refractivity contribution in [1.29, 1.82) is 0 Å². The number of amides is 1. The van der Waals surface area contributed by atoms with Crippen molar-refractivity contribution in [2.45, 2.75) is 115 Å². The van der Waals surface area contributed by atoms with Crippen LogP contribution in [0.3, 0.4) is 0 Å². The Balaban J connectivity index is 1.99. The van der Waals surface area contributed by atoms with Gasteiger partial charge in [-0.1, -0.05) is 139 Å². The van der Waals surface area contributed by atoms with E-state index < -0.39 is 0 Å². The van der Waals surface area contributed by atoms with Crippen LogP contribution >= 0.6 is 11.6 Å². The van der Waals surface area contributed by atoms with Gasteiger partial charge in [-0.15, -0.1) is 0 Å². The summed E-state index contributed by atoms with van der Waals surface area (Å²) in [5.41, 5.74) is 0.684. The maximum atomic E-state index is 12.7. The number of unbranched alkanes of at least 4 members (excludes halogenated alkanes) is 14. The van der Waals surface area contributed by atoms with Crippen LogP contribution in [0, 0.1) is 0 Å². The molecule has 1 atom stereocenters. The molecule has 30 heavy (non-hydrogen) atoms. The van der Waals surface area contributed by atoms with Crippen LogP contribution in [0.15, 0.2) is 30.3 Å². The summed E-state index contributed by atoms with van der Waals surface area (Å²) in [5, 5.41) is 0. The van der Waals surface area contributed by atoms with E-state index in [1.54, 1.807) is 0 Å². The molecule has 0 aliphatic heterocycles. The summed E-state index contributed by atoms with van der Waals surface area (Å²) in [4.78, 5) is 12.7. The van der Waals surface area contributed by atoms with Gasteiger partial charge in [-0.25, -0.2) is 9.28 Å². The molecule has 1 amide bonds. The number of alkyl halides is 1. The van der Waals surface area contributed by atoms with E-state index in [2.05, 4.69) is 6.92 Å². The third kappa shape index (κ3) is 11.5. The first-order chi connectivity index (χ1) is 14.5. The fraction of sp³-hybridized carbons (Fsp3) is 0.741. The zero-order valence-corrected chi connectivity index (χ0v) is 20.8. The number of rotatable bonds is 18. The molecule has 0 aromatic heterocycles. The zero-order valence-electron chi connectivity index (χ0n) is 20.0. The third-order valence-electron chi connectivity index (χ3n) is 6.28. The van der Waals surface area contributed by atoms with Gasteiger partial charge in [-0.2, -0.15) is 0 Å². The maximum absolute atomic E-state index is 12.7. The second-order valence-electron chi connectivity index (χ2n) is 9.38. The minimum Gasteiger partial charge on any atom is -0.247 e. The van der Waals surface area contributed by atoms with E-state index in [9.17, 15) is 4.79 Å². The van der Waals surface area contributed by atoms with E-state index in [4.69, 9.17) is 11.6 Å². The number of benzene rings is 1. The molecule has 172 valence electrons. The normalized spacial score (nSPS) is 12.8. The predicted molar refractivity (Wildman–Crippen MR) is 132 cm³/mol. The Morgan fingerprint density at radius 2 is 1.13 bits per heavy atom. The van der Waals surface area contributed by atoms with Gasteiger partial charge < -0.3 is 0 Å². The van der Waals surface area contributed by atoms with Crippen LogP contribution in [0.2, 0.25) is 0 Å². The molecule has 0 saturated carbocycles. The summed E-state index contributed by atoms with van der Waals surface area (Å²) in [6.07, 6.45) is 20.8. The molecule has 0 N–H and O–H groups in total. The molecule has 2 nitrogen and oxygen atoms in total. The zero-order chi connectivity index (χ0) is 22.1. The van der Waals surface area contributed by atoms with Gasteiger partial charge >= 0.3 is 5.91 Å². The molecule has 0 aliphatic carbocycles. The van der Waals surface area contributed by atoms with E-state index in [1.165, 1.54) is 83.5 Å². The molecule has 0 radical (unpaired) electrons. The van der Waals surface area contributed by atoms with E-state index in [-0.39, 0.29) is 15.9 Å². The highest BCUT2D eigenvalue weighted by atomic mass is 35.5. The monoisotopic (exact) mass is 436 g/mol. The van der Waals surface area contributed by atoms with Gasteiger partial charge in [0.1, 0.15) is 0 Å². The molecule has 1 unspecified atom stereocenters. The summed E-state index contributed by atoms with van der Waals surface area (Å²) in [6.45, 7) is 2.28. The van der Waals surface area contributed by atoms with Gasteiger partial charge in [0.25, 0.3) is 0 Å². The van der Waals surface area contributed by atoms with Crippen molar-refractivity contribution in [1.82, 2.24) is 0 Å². The van der Waals surface area contributed by atoms with Crippen LogP contribution in [-0.4, -0.2) is 24.5 Å². The molecule has 3 heteroatoms. The lowest BCUT2D eigenvalue weighted by atomic mass is 10.0. The number of nitrogens with zero attached hydrogens (tertiary/aromatic N) is 1. The van der Waals surface area contributed by atoms with E-state index in [0.717, 1.165) is 18.4 Å². The molecule has 1 aromatic rings. The van der Waals surface area contributed by atoms with Crippen molar-refractivity contribution in [2.24, 2.45) is 0 Å². The number of quaternary nitrogens is 1. The van der Waals surface area contributed by atoms with Gasteiger partial charge in [-0.3, -0.25) is 0 Å². The van der Waals surface area contributed by atoms with Gasteiger partial charge in [0.05, 0.1) is 20.5 Å². The molecular weight excluding hydrogens is 390 g/mol. The molecule has 0 saturated heterocycles. The van der Waals surface area contributed by atoms with Crippen LogP contribution in [-0.2, 0) is 4.79 Å². The molecule has 0 spiro atoms. The number of carbonyl (C=O) groups excluding carboxylic acids is 1. The van der Waals surface area contributed by atoms with Crippen molar-refractivity contribution in [3.05, 3.63) is 35.9 Å². The van der Waals surface area contributed by atoms with E-state index in [1.807, 2.05) is 44.4 Å². The van der Waals surface area contributed by atoms with Gasteiger partial charge in [-0.05, 0) is 6.42 Å². The number of carbonyl (C=O) groups is 1. The molecule has 0 heterocycles. The van der Waals surface area contributed by atoms with Gasteiger partial charge in [0.2, 0.25) is 0 Å². The predicted octanol–water partition coefficient (Wildman–Crippen LogP) is 8.79. The molecule has 0 fully saturated rings. The minimum absolute atomic E-state index is 0.212. The number of hydrogen-bond donors (Lipinski definition) is 0. The minimum atomic E-state index is -0.324. The fourth-order valence-corrected chi connectivity index (χ4v) is 4.30. The lowest BCUT2D eigenvalue weighted by molar-refractivity contribution is -0.832. The molecule has 0 bridgehead atoms. The average molecular weight is 437 g/mol. The van der Waals surface area contributed by atoms with Crippen molar-refractivity contribution in [3.8, 4) is 0 Å². The van der Waals surface area contributed by atoms with Crippen molar-refractivity contribution in [3.63, 3.8) is 0 Å². The first kappa shape index (κ1) is 27.2. The van der Waals surface area contributed by atoms with E-state index >= 15 is 0 Å².